The largest absolute Gasteiger partial charge is 0.497 e. The van der Waals surface area contributed by atoms with Crippen molar-refractivity contribution in [2.24, 2.45) is 11.8 Å². The lowest BCUT2D eigenvalue weighted by atomic mass is 9.84. The van der Waals surface area contributed by atoms with E-state index in [-0.39, 0.29) is 11.8 Å². The molecule has 4 rings (SSSR count). The molecule has 7 nitrogen and oxygen atoms in total. The van der Waals surface area contributed by atoms with Crippen LogP contribution in [-0.2, 0) is 24.2 Å². The summed E-state index contributed by atoms with van der Waals surface area (Å²) in [6.07, 6.45) is 6.00. The van der Waals surface area contributed by atoms with Crippen LogP contribution in [0.1, 0.15) is 42.6 Å². The summed E-state index contributed by atoms with van der Waals surface area (Å²) < 4.78 is 10.9. The molecule has 28 heavy (non-hydrogen) atoms. The van der Waals surface area contributed by atoms with E-state index in [0.29, 0.717) is 18.9 Å². The Kier molecular flexibility index (Phi) is 5.50. The zero-order chi connectivity index (χ0) is 19.5. The first-order valence-corrected chi connectivity index (χ1v) is 10.1. The molecule has 0 aliphatic heterocycles. The second-order valence-electron chi connectivity index (χ2n) is 7.85. The van der Waals surface area contributed by atoms with Gasteiger partial charge in [0.1, 0.15) is 11.5 Å². The summed E-state index contributed by atoms with van der Waals surface area (Å²) in [5.74, 6) is 2.32. The Morgan fingerprint density at radius 1 is 1.18 bits per heavy atom. The Morgan fingerprint density at radius 3 is 2.71 bits per heavy atom. The van der Waals surface area contributed by atoms with Gasteiger partial charge in [-0.05, 0) is 43.7 Å². The number of nitrogens with one attached hydrogen (secondary N) is 1. The van der Waals surface area contributed by atoms with Crippen LogP contribution in [0.4, 0.5) is 0 Å². The Hall–Kier alpha value is -2.57. The summed E-state index contributed by atoms with van der Waals surface area (Å²) in [5.41, 5.74) is 2.95. The van der Waals surface area contributed by atoms with Crippen molar-refractivity contribution in [1.82, 2.24) is 20.3 Å². The molecule has 0 spiro atoms. The molecule has 1 aromatic carbocycles. The number of carbonyl (C=O) groups excluding carboxylic acids is 1. The Bertz CT molecular complexity index is 831. The van der Waals surface area contributed by atoms with Crippen LogP contribution < -0.4 is 9.47 Å². The number of hydrogen-bond donors (Lipinski definition) is 1. The van der Waals surface area contributed by atoms with Crippen LogP contribution in [0.2, 0.25) is 0 Å². The van der Waals surface area contributed by atoms with Crippen LogP contribution in [0.5, 0.6) is 11.5 Å². The zero-order valence-electron chi connectivity index (χ0n) is 16.6. The van der Waals surface area contributed by atoms with E-state index in [1.165, 1.54) is 19.3 Å². The molecule has 1 amide bonds. The first-order chi connectivity index (χ1) is 13.7. The normalized spacial score (nSPS) is 18.9. The van der Waals surface area contributed by atoms with Gasteiger partial charge in [-0.3, -0.25) is 4.79 Å². The third-order valence-corrected chi connectivity index (χ3v) is 6.09. The monoisotopic (exact) mass is 384 g/mol. The average molecular weight is 384 g/mol. The molecule has 150 valence electrons. The zero-order valence-corrected chi connectivity index (χ0v) is 16.6. The van der Waals surface area contributed by atoms with Crippen molar-refractivity contribution in [3.63, 3.8) is 0 Å². The molecule has 2 aliphatic carbocycles. The van der Waals surface area contributed by atoms with Gasteiger partial charge in [-0.15, -0.1) is 0 Å². The minimum atomic E-state index is -0.0260. The van der Waals surface area contributed by atoms with Gasteiger partial charge in [0.2, 0.25) is 5.91 Å². The molecule has 2 aliphatic rings. The van der Waals surface area contributed by atoms with E-state index in [0.717, 1.165) is 47.8 Å². The Labute approximate surface area is 165 Å². The molecule has 1 N–H and O–H groups in total. The molecule has 7 heteroatoms. The van der Waals surface area contributed by atoms with E-state index < -0.39 is 0 Å². The maximum absolute atomic E-state index is 13.4. The van der Waals surface area contributed by atoms with Crippen molar-refractivity contribution in [2.75, 3.05) is 20.8 Å². The van der Waals surface area contributed by atoms with E-state index in [4.69, 9.17) is 9.47 Å². The minimum absolute atomic E-state index is 0.0260. The Morgan fingerprint density at radius 2 is 2.00 bits per heavy atom. The number of amides is 1. The number of aromatic amines is 1. The lowest BCUT2D eigenvalue weighted by Gasteiger charge is -2.35. The first-order valence-electron chi connectivity index (χ1n) is 10.1. The fourth-order valence-corrected chi connectivity index (χ4v) is 4.16. The van der Waals surface area contributed by atoms with E-state index in [1.807, 2.05) is 23.1 Å². The van der Waals surface area contributed by atoms with Crippen molar-refractivity contribution in [3.8, 4) is 11.5 Å². The second kappa shape index (κ2) is 8.20. The van der Waals surface area contributed by atoms with Crippen LogP contribution in [-0.4, -0.2) is 47.0 Å². The van der Waals surface area contributed by atoms with Crippen LogP contribution in [0, 0.1) is 11.8 Å². The van der Waals surface area contributed by atoms with Gasteiger partial charge in [0, 0.05) is 37.1 Å². The van der Waals surface area contributed by atoms with Crippen molar-refractivity contribution >= 4 is 5.91 Å². The standard InChI is InChI=1S/C21H28N4O3/c1-27-17-8-6-16(20(11-17)28-2)13-25(12-14-4-3-5-14)21(26)15-7-9-18-19(10-15)23-24-22-18/h6,8,11,14-15H,3-5,7,9-10,12-13H2,1-2H3,(H,22,23,24). The fraction of sp³-hybridized carbons (Fsp3) is 0.571. The number of carbonyl (C=O) groups is 1. The number of methoxy groups -OCH3 is 2. The average Bonchev–Trinajstić information content (AvgIpc) is 3.17. The predicted molar refractivity (Wildman–Crippen MR) is 104 cm³/mol. The Balaban J connectivity index is 1.53. The number of rotatable bonds is 7. The number of ether oxygens (including phenoxy) is 2. The number of H-pyrrole nitrogens is 1. The number of aryl methyl sites for hydroxylation is 1. The van der Waals surface area contributed by atoms with Gasteiger partial charge in [-0.25, -0.2) is 0 Å². The molecular formula is C21H28N4O3. The quantitative estimate of drug-likeness (QED) is 0.794. The summed E-state index contributed by atoms with van der Waals surface area (Å²) >= 11 is 0. The number of hydrogen-bond acceptors (Lipinski definition) is 5. The lowest BCUT2D eigenvalue weighted by Crippen LogP contribution is -2.42. The highest BCUT2D eigenvalue weighted by molar-refractivity contribution is 5.79. The van der Waals surface area contributed by atoms with Gasteiger partial charge >= 0.3 is 0 Å². The number of nitrogens with zero attached hydrogens (tertiary/aromatic N) is 3. The number of benzene rings is 1. The van der Waals surface area contributed by atoms with E-state index in [1.54, 1.807) is 14.2 Å². The lowest BCUT2D eigenvalue weighted by molar-refractivity contribution is -0.137. The van der Waals surface area contributed by atoms with Gasteiger partial charge < -0.3 is 14.4 Å². The predicted octanol–water partition coefficient (Wildman–Crippen LogP) is 2.76. The number of fused-ring (bicyclic) bond motifs is 1. The third-order valence-electron chi connectivity index (χ3n) is 6.09. The van der Waals surface area contributed by atoms with Crippen LogP contribution >= 0.6 is 0 Å². The van der Waals surface area contributed by atoms with E-state index in [9.17, 15) is 4.79 Å². The van der Waals surface area contributed by atoms with Crippen molar-refractivity contribution in [1.29, 1.82) is 0 Å². The molecule has 0 radical (unpaired) electrons. The molecule has 1 heterocycles. The van der Waals surface area contributed by atoms with Gasteiger partial charge in [-0.1, -0.05) is 6.42 Å². The maximum Gasteiger partial charge on any atom is 0.226 e. The highest BCUT2D eigenvalue weighted by Gasteiger charge is 2.32. The first kappa shape index (κ1) is 18.8. The highest BCUT2D eigenvalue weighted by Crippen LogP contribution is 2.32. The number of aromatic nitrogens is 3. The molecule has 1 saturated carbocycles. The highest BCUT2D eigenvalue weighted by atomic mass is 16.5. The van der Waals surface area contributed by atoms with Gasteiger partial charge in [0.25, 0.3) is 0 Å². The molecule has 1 aromatic heterocycles. The maximum atomic E-state index is 13.4. The third kappa shape index (κ3) is 3.84. The fourth-order valence-electron chi connectivity index (χ4n) is 4.16. The summed E-state index contributed by atoms with van der Waals surface area (Å²) in [6, 6.07) is 5.80. The molecule has 0 saturated heterocycles. The van der Waals surface area contributed by atoms with Gasteiger partial charge in [-0.2, -0.15) is 15.4 Å². The SMILES string of the molecule is COc1ccc(CN(CC2CCC2)C(=O)C2CCc3n[nH]nc3C2)c(OC)c1. The molecule has 2 aromatic rings. The van der Waals surface area contributed by atoms with Crippen molar-refractivity contribution in [2.45, 2.75) is 45.1 Å². The molecule has 1 fully saturated rings. The molecule has 1 atom stereocenters. The molecule has 0 bridgehead atoms. The minimum Gasteiger partial charge on any atom is -0.497 e. The smallest absolute Gasteiger partial charge is 0.226 e. The van der Waals surface area contributed by atoms with Crippen molar-refractivity contribution in [3.05, 3.63) is 35.2 Å². The van der Waals surface area contributed by atoms with Gasteiger partial charge in [0.05, 0.1) is 25.6 Å². The summed E-state index contributed by atoms with van der Waals surface area (Å²) in [7, 11) is 3.30. The van der Waals surface area contributed by atoms with Crippen LogP contribution in [0.25, 0.3) is 0 Å². The van der Waals surface area contributed by atoms with Crippen LogP contribution in [0.15, 0.2) is 18.2 Å². The topological polar surface area (TPSA) is 80.3 Å². The summed E-state index contributed by atoms with van der Waals surface area (Å²) in [4.78, 5) is 15.5. The summed E-state index contributed by atoms with van der Waals surface area (Å²) in [5, 5.41) is 11.1. The van der Waals surface area contributed by atoms with E-state index in [2.05, 4.69) is 15.4 Å². The van der Waals surface area contributed by atoms with Crippen LogP contribution in [0.3, 0.4) is 0 Å². The second-order valence-corrected chi connectivity index (χ2v) is 7.85. The van der Waals surface area contributed by atoms with Gasteiger partial charge in [0.15, 0.2) is 0 Å². The van der Waals surface area contributed by atoms with Crippen molar-refractivity contribution < 1.29 is 14.3 Å². The van der Waals surface area contributed by atoms with E-state index >= 15 is 0 Å². The molecular weight excluding hydrogens is 356 g/mol. The summed E-state index contributed by atoms with van der Waals surface area (Å²) in [6.45, 7) is 1.38. The molecule has 1 unspecified atom stereocenters.